The number of aromatic nitrogens is 1. The van der Waals surface area contributed by atoms with Crippen molar-refractivity contribution in [3.8, 4) is 11.1 Å². The molecule has 0 saturated carbocycles. The minimum Gasteiger partial charge on any atom is -0.299 e. The van der Waals surface area contributed by atoms with Crippen LogP contribution in [0.25, 0.3) is 22.0 Å². The van der Waals surface area contributed by atoms with Gasteiger partial charge in [-0.2, -0.15) is 0 Å². The van der Waals surface area contributed by atoms with Crippen LogP contribution < -0.4 is 0 Å². The van der Waals surface area contributed by atoms with Crippen LogP contribution in [0.3, 0.4) is 0 Å². The molecule has 3 aromatic rings. The van der Waals surface area contributed by atoms with Gasteiger partial charge >= 0.3 is 0 Å². The Morgan fingerprint density at radius 1 is 1.00 bits per heavy atom. The van der Waals surface area contributed by atoms with Crippen LogP contribution in [0.4, 0.5) is 0 Å². The van der Waals surface area contributed by atoms with E-state index in [1.165, 1.54) is 5.56 Å². The molecule has 0 amide bonds. The monoisotopic (exact) mass is 289 g/mol. The van der Waals surface area contributed by atoms with Gasteiger partial charge in [-0.25, -0.2) is 0 Å². The van der Waals surface area contributed by atoms with Gasteiger partial charge in [0.05, 0.1) is 5.52 Å². The van der Waals surface area contributed by atoms with E-state index in [2.05, 4.69) is 35.3 Å². The zero-order valence-corrected chi connectivity index (χ0v) is 12.9. The molecule has 2 heteroatoms. The lowest BCUT2D eigenvalue weighted by atomic mass is 9.98. The number of carbonyl (C=O) groups excluding carboxylic acids is 1. The number of hydrogen-bond acceptors (Lipinski definition) is 2. The Morgan fingerprint density at radius 3 is 2.45 bits per heavy atom. The normalized spacial score (nSPS) is 11.0. The minimum atomic E-state index is 0.0904. The summed E-state index contributed by atoms with van der Waals surface area (Å²) in [5.41, 5.74) is 4.41. The van der Waals surface area contributed by atoms with E-state index in [1.807, 2.05) is 44.3 Å². The Balaban J connectivity index is 1.86. The number of fused-ring (bicyclic) bond motifs is 1. The number of hydrogen-bond donors (Lipinski definition) is 0. The van der Waals surface area contributed by atoms with Crippen LogP contribution in [-0.4, -0.2) is 10.8 Å². The zero-order valence-electron chi connectivity index (χ0n) is 12.9. The Labute approximate surface area is 130 Å². The van der Waals surface area contributed by atoms with Crippen LogP contribution >= 0.6 is 0 Å². The van der Waals surface area contributed by atoms with Crippen molar-refractivity contribution in [1.82, 2.24) is 4.98 Å². The molecule has 1 heterocycles. The van der Waals surface area contributed by atoms with Gasteiger partial charge in [-0.15, -0.1) is 0 Å². The van der Waals surface area contributed by atoms with Crippen LogP contribution in [0.15, 0.2) is 60.8 Å². The molecule has 0 saturated heterocycles. The van der Waals surface area contributed by atoms with Crippen molar-refractivity contribution in [2.45, 2.75) is 20.3 Å². The van der Waals surface area contributed by atoms with Crippen molar-refractivity contribution >= 4 is 16.7 Å². The number of benzene rings is 2. The summed E-state index contributed by atoms with van der Waals surface area (Å²) in [7, 11) is 0. The van der Waals surface area contributed by atoms with Crippen molar-refractivity contribution in [3.63, 3.8) is 0 Å². The molecule has 2 aromatic carbocycles. The molecular weight excluding hydrogens is 270 g/mol. The Morgan fingerprint density at radius 2 is 1.73 bits per heavy atom. The summed E-state index contributed by atoms with van der Waals surface area (Å²) in [6, 6.07) is 18.6. The molecule has 0 aliphatic carbocycles. The van der Waals surface area contributed by atoms with Gasteiger partial charge in [-0.1, -0.05) is 50.2 Å². The van der Waals surface area contributed by atoms with Crippen molar-refractivity contribution in [2.75, 3.05) is 0 Å². The summed E-state index contributed by atoms with van der Waals surface area (Å²) in [5, 5.41) is 1.14. The van der Waals surface area contributed by atoms with Gasteiger partial charge in [0.1, 0.15) is 5.78 Å². The molecule has 0 radical (unpaired) electrons. The highest BCUT2D eigenvalue weighted by Gasteiger charge is 2.08. The number of ketones is 1. The van der Waals surface area contributed by atoms with Crippen LogP contribution in [0, 0.1) is 5.92 Å². The predicted octanol–water partition coefficient (Wildman–Crippen LogP) is 4.67. The second-order valence-electron chi connectivity index (χ2n) is 5.91. The van der Waals surface area contributed by atoms with E-state index in [9.17, 15) is 4.79 Å². The van der Waals surface area contributed by atoms with Gasteiger partial charge < -0.3 is 0 Å². The quantitative estimate of drug-likeness (QED) is 0.698. The molecule has 0 spiro atoms. The third kappa shape index (κ3) is 3.06. The van der Waals surface area contributed by atoms with Crippen molar-refractivity contribution < 1.29 is 4.79 Å². The van der Waals surface area contributed by atoms with Crippen LogP contribution in [0.1, 0.15) is 19.4 Å². The first kappa shape index (κ1) is 14.5. The van der Waals surface area contributed by atoms with Crippen molar-refractivity contribution in [1.29, 1.82) is 0 Å². The Bertz CT molecular complexity index is 803. The lowest BCUT2D eigenvalue weighted by Gasteiger charge is -2.07. The average Bonchev–Trinajstić information content (AvgIpc) is 2.55. The molecule has 0 aliphatic rings. The molecule has 0 unspecified atom stereocenters. The number of Topliss-reactive ketones (excluding diaryl/α,β-unsaturated/α-hetero) is 1. The molecule has 2 nitrogen and oxygen atoms in total. The maximum absolute atomic E-state index is 11.8. The largest absolute Gasteiger partial charge is 0.299 e. The lowest BCUT2D eigenvalue weighted by molar-refractivity contribution is -0.121. The molecule has 0 atom stereocenters. The first-order chi connectivity index (χ1) is 10.6. The van der Waals surface area contributed by atoms with E-state index in [0.717, 1.165) is 22.0 Å². The fourth-order valence-corrected chi connectivity index (χ4v) is 2.48. The van der Waals surface area contributed by atoms with Crippen LogP contribution in [-0.2, 0) is 11.2 Å². The van der Waals surface area contributed by atoms with E-state index in [4.69, 9.17) is 0 Å². The molecule has 0 aliphatic heterocycles. The van der Waals surface area contributed by atoms with Crippen LogP contribution in [0.5, 0.6) is 0 Å². The van der Waals surface area contributed by atoms with Gasteiger partial charge in [0.15, 0.2) is 0 Å². The second-order valence-corrected chi connectivity index (χ2v) is 5.91. The average molecular weight is 289 g/mol. The van der Waals surface area contributed by atoms with Gasteiger partial charge in [0.2, 0.25) is 0 Å². The SMILES string of the molecule is CC(C)C(=O)Cc1ccc(-c2ccc3ncccc3c2)cc1. The zero-order chi connectivity index (χ0) is 15.5. The number of nitrogens with zero attached hydrogens (tertiary/aromatic N) is 1. The molecule has 0 N–H and O–H groups in total. The molecular formula is C20H19NO. The number of carbonyl (C=O) groups is 1. The topological polar surface area (TPSA) is 30.0 Å². The predicted molar refractivity (Wildman–Crippen MR) is 90.7 cm³/mol. The highest BCUT2D eigenvalue weighted by Crippen LogP contribution is 2.24. The van der Waals surface area contributed by atoms with Crippen molar-refractivity contribution in [3.05, 3.63) is 66.4 Å². The van der Waals surface area contributed by atoms with Crippen LogP contribution in [0.2, 0.25) is 0 Å². The number of pyridine rings is 1. The molecule has 0 fully saturated rings. The fourth-order valence-electron chi connectivity index (χ4n) is 2.48. The van der Waals surface area contributed by atoms with Gasteiger partial charge in [-0.3, -0.25) is 9.78 Å². The maximum atomic E-state index is 11.8. The van der Waals surface area contributed by atoms with Crippen molar-refractivity contribution in [2.24, 2.45) is 5.92 Å². The van der Waals surface area contributed by atoms with Gasteiger partial charge in [0.25, 0.3) is 0 Å². The first-order valence-corrected chi connectivity index (χ1v) is 7.60. The first-order valence-electron chi connectivity index (χ1n) is 7.60. The van der Waals surface area contributed by atoms with E-state index in [-0.39, 0.29) is 11.7 Å². The summed E-state index contributed by atoms with van der Waals surface area (Å²) < 4.78 is 0. The Hall–Kier alpha value is -2.48. The molecule has 22 heavy (non-hydrogen) atoms. The fraction of sp³-hybridized carbons (Fsp3) is 0.200. The smallest absolute Gasteiger partial charge is 0.139 e. The standard InChI is InChI=1S/C20H19NO/c1-14(2)20(22)12-15-5-7-16(8-6-15)17-9-10-19-18(13-17)4-3-11-21-19/h3-11,13-14H,12H2,1-2H3. The van der Waals surface area contributed by atoms with Gasteiger partial charge in [-0.05, 0) is 34.9 Å². The van der Waals surface area contributed by atoms with Gasteiger partial charge in [0, 0.05) is 23.9 Å². The third-order valence-corrected chi connectivity index (χ3v) is 3.91. The summed E-state index contributed by atoms with van der Waals surface area (Å²) in [4.78, 5) is 16.1. The maximum Gasteiger partial charge on any atom is 0.139 e. The lowest BCUT2D eigenvalue weighted by Crippen LogP contribution is -2.09. The summed E-state index contributed by atoms with van der Waals surface area (Å²) in [6.07, 6.45) is 2.32. The molecule has 1 aromatic heterocycles. The molecule has 110 valence electrons. The molecule has 0 bridgehead atoms. The highest BCUT2D eigenvalue weighted by molar-refractivity contribution is 5.85. The van der Waals surface area contributed by atoms with E-state index < -0.39 is 0 Å². The highest BCUT2D eigenvalue weighted by atomic mass is 16.1. The number of rotatable bonds is 4. The summed E-state index contributed by atoms with van der Waals surface area (Å²) in [6.45, 7) is 3.89. The molecule has 3 rings (SSSR count). The third-order valence-electron chi connectivity index (χ3n) is 3.91. The van der Waals surface area contributed by atoms with E-state index >= 15 is 0 Å². The van der Waals surface area contributed by atoms with E-state index in [1.54, 1.807) is 0 Å². The summed E-state index contributed by atoms with van der Waals surface area (Å²) >= 11 is 0. The second kappa shape index (κ2) is 6.10. The Kier molecular flexibility index (Phi) is 4.01. The van der Waals surface area contributed by atoms with E-state index in [0.29, 0.717) is 6.42 Å². The minimum absolute atomic E-state index is 0.0904. The summed E-state index contributed by atoms with van der Waals surface area (Å²) in [5.74, 6) is 0.372.